The summed E-state index contributed by atoms with van der Waals surface area (Å²) in [6.45, 7) is 3.69. The van der Waals surface area contributed by atoms with Crippen molar-refractivity contribution in [2.75, 3.05) is 5.32 Å². The molecule has 1 unspecified atom stereocenters. The molecule has 3 aromatic rings. The number of rotatable bonds is 5. The summed E-state index contributed by atoms with van der Waals surface area (Å²) in [5.41, 5.74) is 0.909. The van der Waals surface area contributed by atoms with E-state index in [0.29, 0.717) is 11.6 Å². The normalized spacial score (nSPS) is 12.3. The topological polar surface area (TPSA) is 75.1 Å². The second-order valence-electron chi connectivity index (χ2n) is 5.25. The maximum Gasteiger partial charge on any atom is 0.325 e. The molecule has 0 saturated heterocycles. The highest BCUT2D eigenvalue weighted by atomic mass is 32.1. The molecule has 0 saturated carbocycles. The lowest BCUT2D eigenvalue weighted by atomic mass is 10.2. The molecule has 118 valence electrons. The molecule has 0 fully saturated rings. The van der Waals surface area contributed by atoms with Crippen molar-refractivity contribution < 1.29 is 9.90 Å². The van der Waals surface area contributed by atoms with Crippen LogP contribution in [0.15, 0.2) is 36.4 Å². The molecule has 0 aliphatic heterocycles. The summed E-state index contributed by atoms with van der Waals surface area (Å²) in [5.74, 6) is 0.256. The Labute approximate surface area is 138 Å². The fraction of sp³-hybridized carbons (Fsp3) is 0.235. The van der Waals surface area contributed by atoms with E-state index in [0.717, 1.165) is 22.2 Å². The highest BCUT2D eigenvalue weighted by molar-refractivity contribution is 7.18. The Morgan fingerprint density at radius 2 is 2.04 bits per heavy atom. The van der Waals surface area contributed by atoms with E-state index in [1.54, 1.807) is 18.3 Å². The van der Waals surface area contributed by atoms with Crippen molar-refractivity contribution >= 4 is 33.3 Å². The molecule has 0 aliphatic rings. The fourth-order valence-electron chi connectivity index (χ4n) is 2.24. The van der Waals surface area contributed by atoms with Gasteiger partial charge in [-0.15, -0.1) is 11.3 Å². The van der Waals surface area contributed by atoms with Crippen LogP contribution >= 0.6 is 11.3 Å². The van der Waals surface area contributed by atoms with Gasteiger partial charge in [-0.3, -0.25) is 4.79 Å². The largest absolute Gasteiger partial charge is 0.480 e. The molecule has 0 bridgehead atoms. The summed E-state index contributed by atoms with van der Waals surface area (Å²) >= 11 is 1.62. The average molecular weight is 327 g/mol. The molecule has 0 spiro atoms. The van der Waals surface area contributed by atoms with Crippen LogP contribution in [0.25, 0.3) is 21.6 Å². The van der Waals surface area contributed by atoms with Crippen molar-refractivity contribution in [2.45, 2.75) is 26.3 Å². The summed E-state index contributed by atoms with van der Waals surface area (Å²) < 4.78 is 0. The van der Waals surface area contributed by atoms with Crippen LogP contribution in [0.3, 0.4) is 0 Å². The number of aliphatic carboxylic acids is 1. The van der Waals surface area contributed by atoms with Gasteiger partial charge in [-0.2, -0.15) is 0 Å². The van der Waals surface area contributed by atoms with Gasteiger partial charge in [0.1, 0.15) is 16.7 Å². The maximum atomic E-state index is 11.2. The molecule has 0 aliphatic carbocycles. The Balaban J connectivity index is 2.14. The minimum Gasteiger partial charge on any atom is -0.480 e. The smallest absolute Gasteiger partial charge is 0.325 e. The van der Waals surface area contributed by atoms with Crippen molar-refractivity contribution in [2.24, 2.45) is 0 Å². The van der Waals surface area contributed by atoms with Gasteiger partial charge in [-0.25, -0.2) is 9.97 Å². The van der Waals surface area contributed by atoms with Crippen molar-refractivity contribution in [3.8, 4) is 11.4 Å². The molecular formula is C17H17N3O2S. The van der Waals surface area contributed by atoms with Crippen LogP contribution < -0.4 is 5.32 Å². The summed E-state index contributed by atoms with van der Waals surface area (Å²) in [5, 5.41) is 13.0. The lowest BCUT2D eigenvalue weighted by Crippen LogP contribution is -2.26. The minimum absolute atomic E-state index is 0.569. The minimum atomic E-state index is -0.913. The quantitative estimate of drug-likeness (QED) is 0.745. The average Bonchev–Trinajstić information content (AvgIpc) is 2.99. The summed E-state index contributed by atoms with van der Waals surface area (Å²) in [7, 11) is 0. The van der Waals surface area contributed by atoms with Crippen LogP contribution in [-0.4, -0.2) is 27.1 Å². The first-order valence-electron chi connectivity index (χ1n) is 7.43. The molecule has 23 heavy (non-hydrogen) atoms. The highest BCUT2D eigenvalue weighted by Crippen LogP contribution is 2.32. The molecular weight excluding hydrogens is 310 g/mol. The Hall–Kier alpha value is -2.47. The van der Waals surface area contributed by atoms with Crippen LogP contribution in [0, 0.1) is 0 Å². The predicted molar refractivity (Wildman–Crippen MR) is 92.9 cm³/mol. The molecule has 2 heterocycles. The number of thiophene rings is 1. The van der Waals surface area contributed by atoms with Crippen molar-refractivity contribution in [1.82, 2.24) is 9.97 Å². The van der Waals surface area contributed by atoms with Gasteiger partial charge in [0, 0.05) is 10.4 Å². The first-order valence-corrected chi connectivity index (χ1v) is 8.25. The number of carboxylic acid groups (broad SMARTS) is 1. The molecule has 2 N–H and O–H groups in total. The molecule has 1 aromatic carbocycles. The van der Waals surface area contributed by atoms with E-state index in [9.17, 15) is 4.79 Å². The molecule has 5 nitrogen and oxygen atoms in total. The van der Waals surface area contributed by atoms with Gasteiger partial charge in [-0.05, 0) is 19.4 Å². The number of hydrogen-bond acceptors (Lipinski definition) is 5. The van der Waals surface area contributed by atoms with Crippen LogP contribution in [0.2, 0.25) is 0 Å². The third-order valence-electron chi connectivity index (χ3n) is 3.55. The zero-order chi connectivity index (χ0) is 16.4. The van der Waals surface area contributed by atoms with E-state index in [1.807, 2.05) is 36.4 Å². The number of aromatic nitrogens is 2. The standard InChI is InChI=1S/C17H17N3O2S/c1-3-12-9-13-15(18-10(2)17(21)22)19-14(20-16(13)23-12)11-7-5-4-6-8-11/h4-10H,3H2,1-2H3,(H,21,22)(H,18,19,20). The lowest BCUT2D eigenvalue weighted by Gasteiger charge is -2.12. The Bertz CT molecular complexity index is 846. The number of benzene rings is 1. The SMILES string of the molecule is CCc1cc2c(NC(C)C(=O)O)nc(-c3ccccc3)nc2s1. The Kier molecular flexibility index (Phi) is 4.25. The molecule has 6 heteroatoms. The third-order valence-corrected chi connectivity index (χ3v) is 4.72. The zero-order valence-corrected chi connectivity index (χ0v) is 13.7. The van der Waals surface area contributed by atoms with Gasteiger partial charge in [0.25, 0.3) is 0 Å². The lowest BCUT2D eigenvalue weighted by molar-refractivity contribution is -0.137. The van der Waals surface area contributed by atoms with E-state index in [4.69, 9.17) is 5.11 Å². The van der Waals surface area contributed by atoms with Crippen LogP contribution in [-0.2, 0) is 11.2 Å². The summed E-state index contributed by atoms with van der Waals surface area (Å²) in [6, 6.07) is 11.0. The van der Waals surface area contributed by atoms with Gasteiger partial charge in [-0.1, -0.05) is 37.3 Å². The summed E-state index contributed by atoms with van der Waals surface area (Å²) in [4.78, 5) is 22.4. The fourth-order valence-corrected chi connectivity index (χ4v) is 3.21. The number of aryl methyl sites for hydroxylation is 1. The van der Waals surface area contributed by atoms with E-state index in [1.165, 1.54) is 4.88 Å². The summed E-state index contributed by atoms with van der Waals surface area (Å²) in [6.07, 6.45) is 0.912. The number of carbonyl (C=O) groups is 1. The monoisotopic (exact) mass is 327 g/mol. The predicted octanol–water partition coefficient (Wildman–Crippen LogP) is 3.81. The van der Waals surface area contributed by atoms with Gasteiger partial charge in [0.15, 0.2) is 5.82 Å². The number of nitrogens with zero attached hydrogens (tertiary/aromatic N) is 2. The molecule has 0 radical (unpaired) electrons. The van der Waals surface area contributed by atoms with E-state index < -0.39 is 12.0 Å². The van der Waals surface area contributed by atoms with Crippen LogP contribution in [0.5, 0.6) is 0 Å². The van der Waals surface area contributed by atoms with Crippen LogP contribution in [0.1, 0.15) is 18.7 Å². The number of hydrogen-bond donors (Lipinski definition) is 2. The van der Waals surface area contributed by atoms with Crippen molar-refractivity contribution in [3.05, 3.63) is 41.3 Å². The second kappa shape index (κ2) is 6.34. The zero-order valence-electron chi connectivity index (χ0n) is 12.9. The van der Waals surface area contributed by atoms with Gasteiger partial charge >= 0.3 is 5.97 Å². The first-order chi connectivity index (χ1) is 11.1. The van der Waals surface area contributed by atoms with Crippen molar-refractivity contribution in [3.63, 3.8) is 0 Å². The second-order valence-corrected chi connectivity index (χ2v) is 6.37. The number of anilines is 1. The number of carboxylic acids is 1. The van der Waals surface area contributed by atoms with Gasteiger partial charge in [0.2, 0.25) is 0 Å². The maximum absolute atomic E-state index is 11.2. The number of fused-ring (bicyclic) bond motifs is 1. The van der Waals surface area contributed by atoms with Crippen LogP contribution in [0.4, 0.5) is 5.82 Å². The molecule has 2 aromatic heterocycles. The van der Waals surface area contributed by atoms with Crippen molar-refractivity contribution in [1.29, 1.82) is 0 Å². The molecule has 0 amide bonds. The highest BCUT2D eigenvalue weighted by Gasteiger charge is 2.17. The molecule has 3 rings (SSSR count). The van der Waals surface area contributed by atoms with Gasteiger partial charge in [0.05, 0.1) is 5.39 Å². The third kappa shape index (κ3) is 3.17. The first kappa shape index (κ1) is 15.4. The van der Waals surface area contributed by atoms with Gasteiger partial charge < -0.3 is 10.4 Å². The van der Waals surface area contributed by atoms with E-state index in [2.05, 4.69) is 22.2 Å². The molecule has 1 atom stereocenters. The Morgan fingerprint density at radius 3 is 2.70 bits per heavy atom. The van der Waals surface area contributed by atoms with E-state index in [-0.39, 0.29) is 0 Å². The number of nitrogens with one attached hydrogen (secondary N) is 1. The Morgan fingerprint density at radius 1 is 1.30 bits per heavy atom. The van der Waals surface area contributed by atoms with E-state index >= 15 is 0 Å².